The Bertz CT molecular complexity index is 958. The van der Waals surface area contributed by atoms with Crippen LogP contribution in [0.25, 0.3) is 11.3 Å². The molecule has 0 aliphatic carbocycles. The lowest BCUT2D eigenvalue weighted by molar-refractivity contribution is 0.334. The number of halogens is 2. The molecule has 0 saturated carbocycles. The summed E-state index contributed by atoms with van der Waals surface area (Å²) in [5.74, 6) is 1.69. The number of rotatable bonds is 3. The van der Waals surface area contributed by atoms with Crippen LogP contribution in [0, 0.1) is 0 Å². The van der Waals surface area contributed by atoms with Gasteiger partial charge in [0.25, 0.3) is 0 Å². The Balaban J connectivity index is 1.53. The summed E-state index contributed by atoms with van der Waals surface area (Å²) in [6.45, 7) is 0. The van der Waals surface area contributed by atoms with E-state index >= 15 is 0 Å². The molecule has 3 unspecified atom stereocenters. The lowest BCUT2D eigenvalue weighted by Gasteiger charge is -2.35. The number of fused-ring (bicyclic) bond motifs is 2. The zero-order valence-electron chi connectivity index (χ0n) is 14.6. The van der Waals surface area contributed by atoms with E-state index in [1.165, 1.54) is 18.4 Å². The average Bonchev–Trinajstić information content (AvgIpc) is 3.32. The van der Waals surface area contributed by atoms with Crippen LogP contribution in [-0.2, 0) is 0 Å². The van der Waals surface area contributed by atoms with Crippen LogP contribution in [-0.4, -0.2) is 15.7 Å². The van der Waals surface area contributed by atoms with E-state index < -0.39 is 0 Å². The van der Waals surface area contributed by atoms with Gasteiger partial charge in [-0.3, -0.25) is 0 Å². The maximum Gasteiger partial charge on any atom is 0.142 e. The van der Waals surface area contributed by atoms with E-state index in [-0.39, 0.29) is 0 Å². The normalized spacial score (nSPS) is 27.0. The molecule has 138 valence electrons. The van der Waals surface area contributed by atoms with Gasteiger partial charge in [-0.15, -0.1) is 0 Å². The Hall–Kier alpha value is -1.42. The number of nitrogens with zero attached hydrogens (tertiary/aromatic N) is 1. The number of hydrogen-bond acceptors (Lipinski definition) is 3. The van der Waals surface area contributed by atoms with Crippen molar-refractivity contribution in [3.8, 4) is 11.3 Å². The molecule has 1 aromatic heterocycles. The van der Waals surface area contributed by atoms with Crippen molar-refractivity contribution in [2.45, 2.75) is 41.6 Å². The monoisotopic (exact) mass is 415 g/mol. The second kappa shape index (κ2) is 7.20. The molecule has 5 heteroatoms. The van der Waals surface area contributed by atoms with Gasteiger partial charge < -0.3 is 4.52 Å². The quantitative estimate of drug-likeness (QED) is 0.452. The maximum atomic E-state index is 6.33. The summed E-state index contributed by atoms with van der Waals surface area (Å²) in [4.78, 5) is 0. The van der Waals surface area contributed by atoms with Gasteiger partial charge in [0.2, 0.25) is 0 Å². The molecule has 5 rings (SSSR count). The van der Waals surface area contributed by atoms with Gasteiger partial charge in [0.1, 0.15) is 11.5 Å². The van der Waals surface area contributed by atoms with E-state index in [2.05, 4.69) is 41.2 Å². The molecule has 2 bridgehead atoms. The molecular weight excluding hydrogens is 397 g/mol. The van der Waals surface area contributed by atoms with Crippen molar-refractivity contribution in [1.29, 1.82) is 0 Å². The van der Waals surface area contributed by atoms with Crippen LogP contribution in [0.15, 0.2) is 59.1 Å². The predicted octanol–water partition coefficient (Wildman–Crippen LogP) is 7.18. The minimum atomic E-state index is 0.316. The molecule has 2 aromatic carbocycles. The molecule has 2 aliphatic rings. The Morgan fingerprint density at radius 3 is 2.63 bits per heavy atom. The lowest BCUT2D eigenvalue weighted by atomic mass is 9.80. The molecule has 3 heterocycles. The average molecular weight is 416 g/mol. The van der Waals surface area contributed by atoms with Crippen LogP contribution in [0.4, 0.5) is 0 Å². The van der Waals surface area contributed by atoms with Crippen LogP contribution in [0.3, 0.4) is 0 Å². The fourth-order valence-electron chi connectivity index (χ4n) is 4.52. The Morgan fingerprint density at radius 2 is 1.81 bits per heavy atom. The summed E-state index contributed by atoms with van der Waals surface area (Å²) in [7, 11) is 0. The topological polar surface area (TPSA) is 26.0 Å². The molecule has 0 N–H and O–H groups in total. The first-order chi connectivity index (χ1) is 13.2. The van der Waals surface area contributed by atoms with Gasteiger partial charge in [0, 0.05) is 28.0 Å². The highest BCUT2D eigenvalue weighted by molar-refractivity contribution is 8.00. The van der Waals surface area contributed by atoms with E-state index in [0.717, 1.165) is 28.7 Å². The zero-order chi connectivity index (χ0) is 18.4. The predicted molar refractivity (Wildman–Crippen MR) is 113 cm³/mol. The van der Waals surface area contributed by atoms with Gasteiger partial charge in [0.15, 0.2) is 0 Å². The smallest absolute Gasteiger partial charge is 0.142 e. The van der Waals surface area contributed by atoms with Gasteiger partial charge in [-0.25, -0.2) is 0 Å². The van der Waals surface area contributed by atoms with E-state index in [0.29, 0.717) is 27.1 Å². The standard InChI is InChI=1S/C22H19Cl2NOS/c23-17-8-6-14(10-18(17)24)16-11-15-7-9-21(27-15)22(16)20-12-19(25-26-20)13-4-2-1-3-5-13/h1-6,8,10,12,15-16,21-22H,7,9,11H2/t15?,16-,21?,22?/m0/s1. The number of thioether (sulfide) groups is 1. The first kappa shape index (κ1) is 17.7. The third-order valence-electron chi connectivity index (χ3n) is 5.79. The first-order valence-electron chi connectivity index (χ1n) is 9.31. The minimum Gasteiger partial charge on any atom is -0.360 e. The first-order valence-corrected chi connectivity index (χ1v) is 11.0. The number of hydrogen-bond donors (Lipinski definition) is 0. The van der Waals surface area contributed by atoms with Crippen molar-refractivity contribution in [3.63, 3.8) is 0 Å². The fraction of sp³-hybridized carbons (Fsp3) is 0.318. The largest absolute Gasteiger partial charge is 0.360 e. The van der Waals surface area contributed by atoms with Gasteiger partial charge in [0.05, 0.1) is 10.0 Å². The molecular formula is C22H19Cl2NOS. The number of aromatic nitrogens is 1. The van der Waals surface area contributed by atoms with Crippen LogP contribution >= 0.6 is 35.0 Å². The Kier molecular flexibility index (Phi) is 4.71. The summed E-state index contributed by atoms with van der Waals surface area (Å²) in [6, 6.07) is 18.4. The third-order valence-corrected chi connectivity index (χ3v) is 8.22. The van der Waals surface area contributed by atoms with Crippen molar-refractivity contribution >= 4 is 35.0 Å². The summed E-state index contributed by atoms with van der Waals surface area (Å²) >= 11 is 14.6. The van der Waals surface area contributed by atoms with Crippen molar-refractivity contribution in [2.75, 3.05) is 0 Å². The molecule has 0 spiro atoms. The van der Waals surface area contributed by atoms with Gasteiger partial charge >= 0.3 is 0 Å². The van der Waals surface area contributed by atoms with Crippen LogP contribution in [0.1, 0.15) is 42.4 Å². The van der Waals surface area contributed by atoms with E-state index in [9.17, 15) is 0 Å². The highest BCUT2D eigenvalue weighted by atomic mass is 35.5. The van der Waals surface area contributed by atoms with Crippen molar-refractivity contribution in [2.24, 2.45) is 0 Å². The molecule has 3 aromatic rings. The Morgan fingerprint density at radius 1 is 0.963 bits per heavy atom. The van der Waals surface area contributed by atoms with Crippen LogP contribution < -0.4 is 0 Å². The second-order valence-electron chi connectivity index (χ2n) is 7.40. The van der Waals surface area contributed by atoms with Gasteiger partial charge in [-0.2, -0.15) is 11.8 Å². The molecule has 2 saturated heterocycles. The second-order valence-corrected chi connectivity index (χ2v) is 9.75. The molecule has 27 heavy (non-hydrogen) atoms. The lowest BCUT2D eigenvalue weighted by Crippen LogP contribution is -2.26. The van der Waals surface area contributed by atoms with Crippen LogP contribution in [0.5, 0.6) is 0 Å². The van der Waals surface area contributed by atoms with E-state index in [1.54, 1.807) is 0 Å². The molecule has 2 fully saturated rings. The highest BCUT2D eigenvalue weighted by Gasteiger charge is 2.45. The summed E-state index contributed by atoms with van der Waals surface area (Å²) in [5, 5.41) is 6.90. The Labute approximate surface area is 173 Å². The van der Waals surface area contributed by atoms with Gasteiger partial charge in [-0.1, -0.05) is 64.8 Å². The van der Waals surface area contributed by atoms with E-state index in [1.807, 2.05) is 30.3 Å². The number of benzene rings is 2. The molecule has 0 radical (unpaired) electrons. The fourth-order valence-corrected chi connectivity index (χ4v) is 6.68. The van der Waals surface area contributed by atoms with Crippen molar-refractivity contribution in [1.82, 2.24) is 5.16 Å². The van der Waals surface area contributed by atoms with E-state index in [4.69, 9.17) is 27.7 Å². The van der Waals surface area contributed by atoms with Crippen LogP contribution in [0.2, 0.25) is 10.0 Å². The molecule has 2 nitrogen and oxygen atoms in total. The van der Waals surface area contributed by atoms with Crippen molar-refractivity contribution < 1.29 is 4.52 Å². The highest BCUT2D eigenvalue weighted by Crippen LogP contribution is 2.56. The summed E-state index contributed by atoms with van der Waals surface area (Å²) in [6.07, 6.45) is 3.66. The minimum absolute atomic E-state index is 0.316. The summed E-state index contributed by atoms with van der Waals surface area (Å²) < 4.78 is 5.89. The third kappa shape index (κ3) is 3.30. The molecule has 2 aliphatic heterocycles. The zero-order valence-corrected chi connectivity index (χ0v) is 17.0. The molecule has 0 amide bonds. The summed E-state index contributed by atoms with van der Waals surface area (Å²) in [5.41, 5.74) is 3.25. The van der Waals surface area contributed by atoms with Crippen molar-refractivity contribution in [3.05, 3.63) is 76.0 Å². The SMILES string of the molecule is Clc1ccc([C@@H]2CC3CCC(S3)C2c2cc(-c3ccccc3)no2)cc1Cl. The molecule has 4 atom stereocenters. The maximum absolute atomic E-state index is 6.33. The van der Waals surface area contributed by atoms with Gasteiger partial charge in [-0.05, 0) is 42.9 Å².